The predicted octanol–water partition coefficient (Wildman–Crippen LogP) is 1.65. The van der Waals surface area contributed by atoms with Crippen molar-refractivity contribution >= 4 is 5.91 Å². The normalized spacial score (nSPS) is 11.4. The molecule has 1 rings (SSSR count). The molecule has 0 aliphatic heterocycles. The summed E-state index contributed by atoms with van der Waals surface area (Å²) >= 11 is 0. The van der Waals surface area contributed by atoms with Crippen LogP contribution in [0.2, 0.25) is 0 Å². The van der Waals surface area contributed by atoms with Gasteiger partial charge in [0.05, 0.1) is 0 Å². The first kappa shape index (κ1) is 11.6. The molecule has 4 nitrogen and oxygen atoms in total. The Morgan fingerprint density at radius 3 is 2.13 bits per heavy atom. The van der Waals surface area contributed by atoms with Crippen LogP contribution in [0.15, 0.2) is 12.4 Å². The SMILES string of the molecule is CCC(C)(CC)c1cnc(C(N)=O)nc1. The van der Waals surface area contributed by atoms with Gasteiger partial charge in [0.25, 0.3) is 5.91 Å². The van der Waals surface area contributed by atoms with Crippen LogP contribution in [0.25, 0.3) is 0 Å². The van der Waals surface area contributed by atoms with Crippen LogP contribution in [-0.2, 0) is 5.41 Å². The molecule has 0 bridgehead atoms. The maximum Gasteiger partial charge on any atom is 0.286 e. The van der Waals surface area contributed by atoms with Crippen LogP contribution < -0.4 is 5.73 Å². The van der Waals surface area contributed by atoms with Crippen molar-refractivity contribution in [3.8, 4) is 0 Å². The third kappa shape index (κ3) is 2.32. The van der Waals surface area contributed by atoms with Crippen molar-refractivity contribution in [2.45, 2.75) is 39.0 Å². The van der Waals surface area contributed by atoms with Crippen LogP contribution >= 0.6 is 0 Å². The molecule has 0 atom stereocenters. The number of hydrogen-bond donors (Lipinski definition) is 1. The molecule has 82 valence electrons. The second-order valence-corrected chi connectivity index (χ2v) is 3.93. The molecular weight excluding hydrogens is 190 g/mol. The van der Waals surface area contributed by atoms with Gasteiger partial charge in [0.1, 0.15) is 0 Å². The molecule has 1 heterocycles. The number of nitrogens with two attached hydrogens (primary N) is 1. The Hall–Kier alpha value is -1.45. The maximum absolute atomic E-state index is 10.8. The van der Waals surface area contributed by atoms with E-state index < -0.39 is 5.91 Å². The summed E-state index contributed by atoms with van der Waals surface area (Å²) < 4.78 is 0. The Morgan fingerprint density at radius 1 is 1.33 bits per heavy atom. The molecule has 0 fully saturated rings. The smallest absolute Gasteiger partial charge is 0.286 e. The van der Waals surface area contributed by atoms with Gasteiger partial charge in [0.15, 0.2) is 0 Å². The second-order valence-electron chi connectivity index (χ2n) is 3.93. The topological polar surface area (TPSA) is 68.9 Å². The summed E-state index contributed by atoms with van der Waals surface area (Å²) in [5.74, 6) is -0.510. The van der Waals surface area contributed by atoms with E-state index in [1.54, 1.807) is 12.4 Å². The van der Waals surface area contributed by atoms with Gasteiger partial charge in [0.2, 0.25) is 5.82 Å². The summed E-state index contributed by atoms with van der Waals surface area (Å²) in [6, 6.07) is 0. The highest BCUT2D eigenvalue weighted by Gasteiger charge is 2.23. The predicted molar refractivity (Wildman–Crippen MR) is 58.5 cm³/mol. The van der Waals surface area contributed by atoms with Crippen LogP contribution in [0.1, 0.15) is 49.8 Å². The van der Waals surface area contributed by atoms with Crippen molar-refractivity contribution in [1.29, 1.82) is 0 Å². The molecule has 1 amide bonds. The highest BCUT2D eigenvalue weighted by atomic mass is 16.1. The fraction of sp³-hybridized carbons (Fsp3) is 0.545. The van der Waals surface area contributed by atoms with Gasteiger partial charge in [-0.05, 0) is 23.8 Å². The van der Waals surface area contributed by atoms with E-state index >= 15 is 0 Å². The average molecular weight is 207 g/mol. The molecule has 0 unspecified atom stereocenters. The van der Waals surface area contributed by atoms with E-state index in [1.165, 1.54) is 0 Å². The van der Waals surface area contributed by atoms with Gasteiger partial charge in [-0.3, -0.25) is 4.79 Å². The van der Waals surface area contributed by atoms with Crippen LogP contribution in [0.5, 0.6) is 0 Å². The molecule has 4 heteroatoms. The van der Waals surface area contributed by atoms with E-state index in [2.05, 4.69) is 30.7 Å². The number of amides is 1. The summed E-state index contributed by atoms with van der Waals surface area (Å²) in [4.78, 5) is 18.7. The lowest BCUT2D eigenvalue weighted by molar-refractivity contribution is 0.0990. The number of carbonyl (C=O) groups excluding carboxylic acids is 1. The standard InChI is InChI=1S/C11H17N3O/c1-4-11(3,5-2)8-6-13-10(9(12)15)14-7-8/h6-7H,4-5H2,1-3H3,(H2,12,15). The van der Waals surface area contributed by atoms with Gasteiger partial charge >= 0.3 is 0 Å². The van der Waals surface area contributed by atoms with Crippen molar-refractivity contribution in [2.75, 3.05) is 0 Å². The summed E-state index contributed by atoms with van der Waals surface area (Å²) in [5, 5.41) is 0. The minimum atomic E-state index is -0.587. The van der Waals surface area contributed by atoms with Crippen molar-refractivity contribution in [3.05, 3.63) is 23.8 Å². The second kappa shape index (κ2) is 4.38. The zero-order valence-corrected chi connectivity index (χ0v) is 9.45. The Labute approximate surface area is 89.9 Å². The third-order valence-electron chi connectivity index (χ3n) is 3.13. The van der Waals surface area contributed by atoms with E-state index in [0.29, 0.717) is 0 Å². The molecule has 0 saturated heterocycles. The van der Waals surface area contributed by atoms with Crippen LogP contribution in [0.4, 0.5) is 0 Å². The van der Waals surface area contributed by atoms with Crippen molar-refractivity contribution in [3.63, 3.8) is 0 Å². The number of rotatable bonds is 4. The van der Waals surface area contributed by atoms with Gasteiger partial charge in [0, 0.05) is 12.4 Å². The lowest BCUT2D eigenvalue weighted by Crippen LogP contribution is -2.22. The summed E-state index contributed by atoms with van der Waals surface area (Å²) in [7, 11) is 0. The molecule has 0 aliphatic rings. The van der Waals surface area contributed by atoms with Crippen molar-refractivity contribution in [1.82, 2.24) is 9.97 Å². The highest BCUT2D eigenvalue weighted by molar-refractivity contribution is 5.88. The van der Waals surface area contributed by atoms with Gasteiger partial charge in [-0.2, -0.15) is 0 Å². The van der Waals surface area contributed by atoms with Crippen molar-refractivity contribution in [2.24, 2.45) is 5.73 Å². The fourth-order valence-corrected chi connectivity index (χ4v) is 1.43. The quantitative estimate of drug-likeness (QED) is 0.816. The van der Waals surface area contributed by atoms with E-state index in [-0.39, 0.29) is 11.2 Å². The molecule has 15 heavy (non-hydrogen) atoms. The minimum absolute atomic E-state index is 0.0771. The molecule has 2 N–H and O–H groups in total. The van der Waals surface area contributed by atoms with Gasteiger partial charge in [-0.25, -0.2) is 9.97 Å². The Bertz CT molecular complexity index is 341. The Balaban J connectivity index is 3.02. The van der Waals surface area contributed by atoms with E-state index in [0.717, 1.165) is 18.4 Å². The van der Waals surface area contributed by atoms with Crippen LogP contribution in [-0.4, -0.2) is 15.9 Å². The lowest BCUT2D eigenvalue weighted by atomic mass is 9.79. The maximum atomic E-state index is 10.8. The number of hydrogen-bond acceptors (Lipinski definition) is 3. The first-order chi connectivity index (χ1) is 7.03. The minimum Gasteiger partial charge on any atom is -0.363 e. The number of carbonyl (C=O) groups is 1. The zero-order chi connectivity index (χ0) is 11.5. The van der Waals surface area contributed by atoms with Crippen LogP contribution in [0, 0.1) is 0 Å². The Morgan fingerprint density at radius 2 is 1.80 bits per heavy atom. The van der Waals surface area contributed by atoms with Crippen molar-refractivity contribution < 1.29 is 4.79 Å². The van der Waals surface area contributed by atoms with Gasteiger partial charge < -0.3 is 5.73 Å². The zero-order valence-electron chi connectivity index (χ0n) is 9.45. The fourth-order valence-electron chi connectivity index (χ4n) is 1.43. The Kier molecular flexibility index (Phi) is 3.39. The molecule has 1 aromatic heterocycles. The van der Waals surface area contributed by atoms with Gasteiger partial charge in [-0.1, -0.05) is 20.8 Å². The first-order valence-corrected chi connectivity index (χ1v) is 5.16. The van der Waals surface area contributed by atoms with E-state index in [1.807, 2.05) is 0 Å². The molecule has 0 spiro atoms. The summed E-state index contributed by atoms with van der Waals surface area (Å²) in [6.45, 7) is 6.42. The summed E-state index contributed by atoms with van der Waals surface area (Å²) in [6.07, 6.45) is 5.42. The summed E-state index contributed by atoms with van der Waals surface area (Å²) in [5.41, 5.74) is 6.21. The molecule has 1 aromatic rings. The first-order valence-electron chi connectivity index (χ1n) is 5.16. The highest BCUT2D eigenvalue weighted by Crippen LogP contribution is 2.29. The number of primary amides is 1. The lowest BCUT2D eigenvalue weighted by Gasteiger charge is -2.26. The molecule has 0 radical (unpaired) electrons. The van der Waals surface area contributed by atoms with Crippen LogP contribution in [0.3, 0.4) is 0 Å². The number of nitrogens with zero attached hydrogens (tertiary/aromatic N) is 2. The average Bonchev–Trinajstić information content (AvgIpc) is 2.28. The molecule has 0 aliphatic carbocycles. The molecule has 0 aromatic carbocycles. The third-order valence-corrected chi connectivity index (χ3v) is 3.13. The van der Waals surface area contributed by atoms with Gasteiger partial charge in [-0.15, -0.1) is 0 Å². The molecular formula is C11H17N3O. The number of aromatic nitrogens is 2. The molecule has 0 saturated carbocycles. The van der Waals surface area contributed by atoms with E-state index in [9.17, 15) is 4.79 Å². The largest absolute Gasteiger partial charge is 0.363 e. The van der Waals surface area contributed by atoms with E-state index in [4.69, 9.17) is 5.73 Å². The monoisotopic (exact) mass is 207 g/mol.